The molecule has 0 aliphatic rings. The second-order valence-electron chi connectivity index (χ2n) is 11.0. The molecule has 0 aliphatic carbocycles. The molecule has 0 radical (unpaired) electrons. The molecular weight excluding hydrogens is 540 g/mol. The van der Waals surface area contributed by atoms with E-state index in [2.05, 4.69) is 13.8 Å². The monoisotopic (exact) mass is 588 g/mol. The van der Waals surface area contributed by atoms with Crippen molar-refractivity contribution in [1.82, 2.24) is 0 Å². The van der Waals surface area contributed by atoms with Crippen molar-refractivity contribution < 1.29 is 28.5 Å². The van der Waals surface area contributed by atoms with E-state index in [9.17, 15) is 9.59 Å². The van der Waals surface area contributed by atoms with Crippen LogP contribution in [0.1, 0.15) is 117 Å². The van der Waals surface area contributed by atoms with Gasteiger partial charge in [0.1, 0.15) is 11.5 Å². The lowest BCUT2D eigenvalue weighted by molar-refractivity contribution is 0.0682. The maximum Gasteiger partial charge on any atom is 0.343 e. The summed E-state index contributed by atoms with van der Waals surface area (Å²) in [7, 11) is 0. The molecular formula is C37H48O6. The fourth-order valence-corrected chi connectivity index (χ4v) is 4.67. The minimum atomic E-state index is -0.559. The molecule has 3 aromatic rings. The van der Waals surface area contributed by atoms with Gasteiger partial charge in [-0.15, -0.1) is 0 Å². The second kappa shape index (κ2) is 19.4. The summed E-state index contributed by atoms with van der Waals surface area (Å²) in [5.41, 5.74) is 1.58. The first-order valence-corrected chi connectivity index (χ1v) is 16.0. The predicted octanol–water partition coefficient (Wildman–Crippen LogP) is 9.91. The Morgan fingerprint density at radius 2 is 1.00 bits per heavy atom. The number of hydrogen-bond donors (Lipinski definition) is 0. The van der Waals surface area contributed by atoms with E-state index >= 15 is 0 Å². The summed E-state index contributed by atoms with van der Waals surface area (Å²) < 4.78 is 23.1. The number of aryl methyl sites for hydroxylation is 1. The summed E-state index contributed by atoms with van der Waals surface area (Å²) in [5.74, 6) is 0.467. The molecule has 0 amide bonds. The van der Waals surface area contributed by atoms with E-state index in [1.807, 2.05) is 19.1 Å². The number of unbranched alkanes of at least 4 members (excludes halogenated alkanes) is 10. The Morgan fingerprint density at radius 3 is 1.51 bits per heavy atom. The Bertz CT molecular complexity index is 1270. The molecule has 0 heterocycles. The van der Waals surface area contributed by atoms with Gasteiger partial charge >= 0.3 is 11.9 Å². The maximum atomic E-state index is 13.1. The van der Waals surface area contributed by atoms with Crippen molar-refractivity contribution in [2.24, 2.45) is 0 Å². The minimum absolute atomic E-state index is 0.165. The SMILES string of the molecule is CCCCCCCCOc1cccc(C(=O)Oc2ccc(C)cc2OC(=O)c2cccc(OCCCCCCCC)c2)c1. The van der Waals surface area contributed by atoms with Crippen molar-refractivity contribution in [3.63, 3.8) is 0 Å². The highest BCUT2D eigenvalue weighted by atomic mass is 16.6. The number of benzene rings is 3. The van der Waals surface area contributed by atoms with Gasteiger partial charge in [0.2, 0.25) is 0 Å². The van der Waals surface area contributed by atoms with Crippen molar-refractivity contribution in [2.75, 3.05) is 13.2 Å². The highest BCUT2D eigenvalue weighted by molar-refractivity contribution is 5.93. The normalized spacial score (nSPS) is 10.8. The van der Waals surface area contributed by atoms with Gasteiger partial charge in [-0.25, -0.2) is 9.59 Å². The summed E-state index contributed by atoms with van der Waals surface area (Å²) in [6.45, 7) is 7.51. The Balaban J connectivity index is 1.56. The molecule has 0 fully saturated rings. The van der Waals surface area contributed by atoms with Gasteiger partial charge in [-0.2, -0.15) is 0 Å². The number of ether oxygens (including phenoxy) is 4. The van der Waals surface area contributed by atoms with E-state index in [1.54, 1.807) is 54.6 Å². The predicted molar refractivity (Wildman–Crippen MR) is 172 cm³/mol. The Labute approximate surface area is 257 Å². The van der Waals surface area contributed by atoms with E-state index in [4.69, 9.17) is 18.9 Å². The van der Waals surface area contributed by atoms with E-state index in [-0.39, 0.29) is 11.5 Å². The van der Waals surface area contributed by atoms with E-state index in [0.717, 1.165) is 31.2 Å². The third kappa shape index (κ3) is 12.5. The molecule has 0 aromatic heterocycles. The van der Waals surface area contributed by atoms with Crippen LogP contribution in [0.25, 0.3) is 0 Å². The summed E-state index contributed by atoms with van der Waals surface area (Å²) in [6, 6.07) is 19.0. The van der Waals surface area contributed by atoms with E-state index in [1.165, 1.54) is 51.4 Å². The van der Waals surface area contributed by atoms with Crippen LogP contribution >= 0.6 is 0 Å². The fourth-order valence-electron chi connectivity index (χ4n) is 4.67. The van der Waals surface area contributed by atoms with Crippen molar-refractivity contribution in [3.8, 4) is 23.0 Å². The lowest BCUT2D eigenvalue weighted by Gasteiger charge is -2.13. The molecule has 0 saturated carbocycles. The maximum absolute atomic E-state index is 13.1. The highest BCUT2D eigenvalue weighted by Gasteiger charge is 2.18. The first kappa shape index (κ1) is 33.7. The van der Waals surface area contributed by atoms with Gasteiger partial charge in [0.05, 0.1) is 24.3 Å². The van der Waals surface area contributed by atoms with Crippen LogP contribution in [0.3, 0.4) is 0 Å². The van der Waals surface area contributed by atoms with Gasteiger partial charge in [-0.1, -0.05) is 96.3 Å². The first-order chi connectivity index (χ1) is 21.0. The smallest absolute Gasteiger partial charge is 0.343 e. The van der Waals surface area contributed by atoms with Crippen LogP contribution in [0, 0.1) is 6.92 Å². The molecule has 0 saturated heterocycles. The topological polar surface area (TPSA) is 71.1 Å². The summed E-state index contributed by atoms with van der Waals surface area (Å²) in [4.78, 5) is 26.1. The molecule has 3 rings (SSSR count). The second-order valence-corrected chi connectivity index (χ2v) is 11.0. The molecule has 0 atom stereocenters. The van der Waals surface area contributed by atoms with Crippen molar-refractivity contribution in [1.29, 1.82) is 0 Å². The number of carbonyl (C=O) groups excluding carboxylic acids is 2. The molecule has 0 N–H and O–H groups in total. The first-order valence-electron chi connectivity index (χ1n) is 16.0. The zero-order valence-electron chi connectivity index (χ0n) is 26.2. The van der Waals surface area contributed by atoms with Crippen molar-refractivity contribution in [3.05, 3.63) is 83.4 Å². The lowest BCUT2D eigenvalue weighted by Crippen LogP contribution is -2.13. The van der Waals surface area contributed by atoms with E-state index in [0.29, 0.717) is 35.8 Å². The van der Waals surface area contributed by atoms with Crippen LogP contribution in [-0.2, 0) is 0 Å². The Morgan fingerprint density at radius 1 is 0.535 bits per heavy atom. The standard InChI is InChI=1S/C37H48O6/c1-4-6-8-10-12-14-24-40-32-20-16-18-30(27-32)36(38)42-34-23-22-29(3)26-35(34)43-37(39)31-19-17-21-33(28-31)41-25-15-13-11-9-7-5-2/h16-23,26-28H,4-15,24-25H2,1-3H3. The molecule has 0 unspecified atom stereocenters. The molecule has 0 aliphatic heterocycles. The van der Waals surface area contributed by atoms with Crippen LogP contribution in [-0.4, -0.2) is 25.2 Å². The van der Waals surface area contributed by atoms with Gasteiger partial charge in [0.25, 0.3) is 0 Å². The van der Waals surface area contributed by atoms with Crippen LogP contribution in [0.2, 0.25) is 0 Å². The molecule has 43 heavy (non-hydrogen) atoms. The Hall–Kier alpha value is -3.80. The quantitative estimate of drug-likeness (QED) is 0.0743. The van der Waals surface area contributed by atoms with Crippen LogP contribution in [0.15, 0.2) is 66.7 Å². The number of carbonyl (C=O) groups is 2. The number of hydrogen-bond acceptors (Lipinski definition) is 6. The minimum Gasteiger partial charge on any atom is -0.494 e. The summed E-state index contributed by atoms with van der Waals surface area (Å²) >= 11 is 0. The molecule has 6 heteroatoms. The van der Waals surface area contributed by atoms with Gasteiger partial charge in [0.15, 0.2) is 11.5 Å². The zero-order valence-corrected chi connectivity index (χ0v) is 26.2. The lowest BCUT2D eigenvalue weighted by atomic mass is 10.1. The molecule has 0 spiro atoms. The summed E-state index contributed by atoms with van der Waals surface area (Å²) in [5, 5.41) is 0. The molecule has 232 valence electrons. The van der Waals surface area contributed by atoms with Crippen LogP contribution in [0.4, 0.5) is 0 Å². The Kier molecular flexibility index (Phi) is 15.2. The summed E-state index contributed by atoms with van der Waals surface area (Å²) in [6.07, 6.45) is 14.2. The third-order valence-corrected chi connectivity index (χ3v) is 7.18. The molecule has 0 bridgehead atoms. The van der Waals surface area contributed by atoms with Gasteiger partial charge < -0.3 is 18.9 Å². The van der Waals surface area contributed by atoms with E-state index < -0.39 is 11.9 Å². The number of rotatable bonds is 20. The average Bonchev–Trinajstić information content (AvgIpc) is 3.01. The average molecular weight is 589 g/mol. The van der Waals surface area contributed by atoms with Crippen LogP contribution in [0.5, 0.6) is 23.0 Å². The van der Waals surface area contributed by atoms with Crippen molar-refractivity contribution >= 4 is 11.9 Å². The third-order valence-electron chi connectivity index (χ3n) is 7.18. The highest BCUT2D eigenvalue weighted by Crippen LogP contribution is 2.30. The molecule has 3 aromatic carbocycles. The van der Waals surface area contributed by atoms with Crippen molar-refractivity contribution in [2.45, 2.75) is 97.8 Å². The van der Waals surface area contributed by atoms with Crippen LogP contribution < -0.4 is 18.9 Å². The fraction of sp³-hybridized carbons (Fsp3) is 0.459. The van der Waals surface area contributed by atoms with Gasteiger partial charge in [-0.05, 0) is 73.9 Å². The largest absolute Gasteiger partial charge is 0.494 e. The molecule has 6 nitrogen and oxygen atoms in total. The van der Waals surface area contributed by atoms with Gasteiger partial charge in [0, 0.05) is 0 Å². The number of esters is 2. The zero-order chi connectivity index (χ0) is 30.7. The van der Waals surface area contributed by atoms with Gasteiger partial charge in [-0.3, -0.25) is 0 Å².